The summed E-state index contributed by atoms with van der Waals surface area (Å²) in [6, 6.07) is 4.51. The number of hydrogen-bond donors (Lipinski definition) is 1. The number of anilines is 1. The van der Waals surface area contributed by atoms with Gasteiger partial charge in [-0.1, -0.05) is 23.2 Å². The quantitative estimate of drug-likeness (QED) is 0.569. The van der Waals surface area contributed by atoms with Gasteiger partial charge in [0.2, 0.25) is 5.54 Å². The average molecular weight is 431 g/mol. The highest BCUT2D eigenvalue weighted by Gasteiger charge is 2.58. The van der Waals surface area contributed by atoms with Crippen molar-refractivity contribution in [2.24, 2.45) is 0 Å². The molecule has 0 radical (unpaired) electrons. The molecule has 2 amide bonds. The third kappa shape index (κ3) is 4.89. The lowest BCUT2D eigenvalue weighted by atomic mass is 9.94. The fourth-order valence-electron chi connectivity index (χ4n) is 3.04. The molecular formula is C19H24Cl2N2O5. The van der Waals surface area contributed by atoms with Crippen molar-refractivity contribution >= 4 is 46.9 Å². The Morgan fingerprint density at radius 2 is 1.79 bits per heavy atom. The number of likely N-dealkylation sites (tertiary alicyclic amines) is 1. The van der Waals surface area contributed by atoms with Crippen molar-refractivity contribution in [3.63, 3.8) is 0 Å². The number of benzene rings is 1. The van der Waals surface area contributed by atoms with E-state index in [4.69, 9.17) is 32.7 Å². The Kier molecular flexibility index (Phi) is 6.83. The summed E-state index contributed by atoms with van der Waals surface area (Å²) in [4.78, 5) is 39.9. The van der Waals surface area contributed by atoms with Gasteiger partial charge in [0.25, 0.3) is 5.91 Å². The van der Waals surface area contributed by atoms with Gasteiger partial charge in [-0.2, -0.15) is 0 Å². The van der Waals surface area contributed by atoms with E-state index in [9.17, 15) is 14.4 Å². The third-order valence-corrected chi connectivity index (χ3v) is 4.54. The number of hydrogen-bond acceptors (Lipinski definition) is 5. The molecule has 28 heavy (non-hydrogen) atoms. The standard InChI is InChI=1S/C19H24Cl2N2O5/c1-5-27-16(25)19(7-6-8-23(19)17(26)28-18(2,3)4)15(24)22-14-10-12(20)9-13(21)11-14/h9-11H,5-8H2,1-4H3,(H,22,24). The second kappa shape index (κ2) is 8.57. The van der Waals surface area contributed by atoms with Crippen LogP contribution in [0.4, 0.5) is 10.5 Å². The molecule has 0 bridgehead atoms. The monoisotopic (exact) mass is 430 g/mol. The summed E-state index contributed by atoms with van der Waals surface area (Å²) >= 11 is 12.0. The highest BCUT2D eigenvalue weighted by atomic mass is 35.5. The van der Waals surface area contributed by atoms with Crippen LogP contribution in [-0.4, -0.2) is 47.2 Å². The van der Waals surface area contributed by atoms with Crippen LogP contribution in [0.5, 0.6) is 0 Å². The van der Waals surface area contributed by atoms with Crippen LogP contribution < -0.4 is 5.32 Å². The first-order valence-corrected chi connectivity index (χ1v) is 9.70. The largest absolute Gasteiger partial charge is 0.464 e. The normalized spacial score (nSPS) is 19.3. The zero-order chi connectivity index (χ0) is 21.1. The van der Waals surface area contributed by atoms with Crippen LogP contribution >= 0.6 is 23.2 Å². The van der Waals surface area contributed by atoms with Crippen LogP contribution in [0.2, 0.25) is 10.0 Å². The first-order valence-electron chi connectivity index (χ1n) is 8.95. The van der Waals surface area contributed by atoms with E-state index in [2.05, 4.69) is 5.32 Å². The van der Waals surface area contributed by atoms with E-state index >= 15 is 0 Å². The number of rotatable bonds is 4. The van der Waals surface area contributed by atoms with Gasteiger partial charge in [0.15, 0.2) is 0 Å². The SMILES string of the molecule is CCOC(=O)C1(C(=O)Nc2cc(Cl)cc(Cl)c2)CCCN1C(=O)OC(C)(C)C. The number of carbonyl (C=O) groups excluding carboxylic acids is 3. The van der Waals surface area contributed by atoms with Crippen LogP contribution in [0, 0.1) is 0 Å². The first kappa shape index (κ1) is 22.3. The summed E-state index contributed by atoms with van der Waals surface area (Å²) in [6.45, 7) is 7.02. The zero-order valence-electron chi connectivity index (χ0n) is 16.3. The fourth-order valence-corrected chi connectivity index (χ4v) is 3.56. The van der Waals surface area contributed by atoms with Crippen LogP contribution in [0.1, 0.15) is 40.5 Å². The molecule has 154 valence electrons. The lowest BCUT2D eigenvalue weighted by molar-refractivity contribution is -0.159. The molecule has 0 spiro atoms. The Morgan fingerprint density at radius 3 is 2.32 bits per heavy atom. The second-order valence-electron chi connectivity index (χ2n) is 7.43. The van der Waals surface area contributed by atoms with Crippen LogP contribution in [0.25, 0.3) is 0 Å². The molecular weight excluding hydrogens is 407 g/mol. The third-order valence-electron chi connectivity index (χ3n) is 4.10. The van der Waals surface area contributed by atoms with E-state index in [0.717, 1.165) is 4.90 Å². The van der Waals surface area contributed by atoms with Crippen molar-refractivity contribution in [1.82, 2.24) is 4.90 Å². The minimum Gasteiger partial charge on any atom is -0.464 e. The van der Waals surface area contributed by atoms with Crippen molar-refractivity contribution in [1.29, 1.82) is 0 Å². The van der Waals surface area contributed by atoms with Gasteiger partial charge in [-0.3, -0.25) is 9.69 Å². The molecule has 1 aromatic carbocycles. The lowest BCUT2D eigenvalue weighted by Crippen LogP contribution is -2.61. The molecule has 7 nitrogen and oxygen atoms in total. The topological polar surface area (TPSA) is 84.9 Å². The van der Waals surface area contributed by atoms with Crippen molar-refractivity contribution < 1.29 is 23.9 Å². The maximum Gasteiger partial charge on any atom is 0.411 e. The molecule has 0 saturated carbocycles. The van der Waals surface area contributed by atoms with Gasteiger partial charge < -0.3 is 14.8 Å². The van der Waals surface area contributed by atoms with E-state index in [1.807, 2.05) is 0 Å². The highest BCUT2D eigenvalue weighted by Crippen LogP contribution is 2.34. The minimum absolute atomic E-state index is 0.0685. The van der Waals surface area contributed by atoms with E-state index in [1.165, 1.54) is 18.2 Å². The van der Waals surface area contributed by atoms with Crippen molar-refractivity contribution in [3.05, 3.63) is 28.2 Å². The molecule has 9 heteroatoms. The Morgan fingerprint density at radius 1 is 1.18 bits per heavy atom. The minimum atomic E-state index is -1.83. The molecule has 0 aliphatic carbocycles. The Hall–Kier alpha value is -1.99. The molecule has 1 heterocycles. The summed E-state index contributed by atoms with van der Waals surface area (Å²) < 4.78 is 10.5. The van der Waals surface area contributed by atoms with E-state index in [1.54, 1.807) is 27.7 Å². The zero-order valence-corrected chi connectivity index (χ0v) is 17.8. The number of amides is 2. The smallest absolute Gasteiger partial charge is 0.411 e. The molecule has 1 atom stereocenters. The van der Waals surface area contributed by atoms with Crippen LogP contribution in [0.15, 0.2) is 18.2 Å². The van der Waals surface area contributed by atoms with Crippen molar-refractivity contribution in [3.8, 4) is 0 Å². The predicted molar refractivity (Wildman–Crippen MR) is 107 cm³/mol. The Balaban J connectivity index is 2.40. The van der Waals surface area contributed by atoms with Gasteiger partial charge in [0.1, 0.15) is 5.60 Å². The molecule has 1 aliphatic rings. The summed E-state index contributed by atoms with van der Waals surface area (Å²) in [5.74, 6) is -1.50. The summed E-state index contributed by atoms with van der Waals surface area (Å²) in [5, 5.41) is 3.28. The molecule has 1 aliphatic heterocycles. The van der Waals surface area contributed by atoms with Gasteiger partial charge in [-0.05, 0) is 58.7 Å². The number of esters is 1. The lowest BCUT2D eigenvalue weighted by Gasteiger charge is -2.35. The van der Waals surface area contributed by atoms with E-state index in [0.29, 0.717) is 22.2 Å². The molecule has 1 aromatic rings. The number of halogens is 2. The number of ether oxygens (including phenoxy) is 2. The van der Waals surface area contributed by atoms with Gasteiger partial charge in [-0.25, -0.2) is 9.59 Å². The van der Waals surface area contributed by atoms with E-state index < -0.39 is 29.1 Å². The molecule has 2 rings (SSSR count). The number of nitrogens with one attached hydrogen (secondary N) is 1. The van der Waals surface area contributed by atoms with Gasteiger partial charge in [0.05, 0.1) is 6.61 Å². The maximum atomic E-state index is 13.2. The number of carbonyl (C=O) groups is 3. The Bertz CT molecular complexity index is 758. The molecule has 0 aromatic heterocycles. The predicted octanol–water partition coefficient (Wildman–Crippen LogP) is 4.26. The van der Waals surface area contributed by atoms with Crippen molar-refractivity contribution in [2.45, 2.75) is 51.7 Å². The van der Waals surface area contributed by atoms with Gasteiger partial charge >= 0.3 is 12.1 Å². The van der Waals surface area contributed by atoms with Crippen LogP contribution in [-0.2, 0) is 19.1 Å². The molecule has 1 fully saturated rings. The molecule has 1 saturated heterocycles. The Labute approximate surface area is 174 Å². The van der Waals surface area contributed by atoms with E-state index in [-0.39, 0.29) is 19.6 Å². The van der Waals surface area contributed by atoms with Gasteiger partial charge in [-0.15, -0.1) is 0 Å². The highest BCUT2D eigenvalue weighted by molar-refractivity contribution is 6.35. The fraction of sp³-hybridized carbons (Fsp3) is 0.526. The van der Waals surface area contributed by atoms with Crippen molar-refractivity contribution in [2.75, 3.05) is 18.5 Å². The second-order valence-corrected chi connectivity index (χ2v) is 8.30. The number of nitrogens with zero attached hydrogens (tertiary/aromatic N) is 1. The molecule has 1 unspecified atom stereocenters. The average Bonchev–Trinajstić information content (AvgIpc) is 2.98. The maximum absolute atomic E-state index is 13.2. The summed E-state index contributed by atoms with van der Waals surface area (Å²) in [6.07, 6.45) is -0.190. The van der Waals surface area contributed by atoms with Gasteiger partial charge in [0, 0.05) is 22.3 Å². The summed E-state index contributed by atoms with van der Waals surface area (Å²) in [5.41, 5.74) is -2.30. The summed E-state index contributed by atoms with van der Waals surface area (Å²) in [7, 11) is 0. The van der Waals surface area contributed by atoms with Crippen LogP contribution in [0.3, 0.4) is 0 Å². The first-order chi connectivity index (χ1) is 13.0. The molecule has 1 N–H and O–H groups in total.